The molecule has 2 aromatic rings. The molecule has 3 N–H and O–H groups in total. The monoisotopic (exact) mass is 295 g/mol. The number of aromatic amines is 1. The van der Waals surface area contributed by atoms with Gasteiger partial charge in [0, 0.05) is 24.0 Å². The molecule has 0 spiro atoms. The van der Waals surface area contributed by atoms with E-state index in [-0.39, 0.29) is 29.4 Å². The first-order valence-electron chi connectivity index (χ1n) is 6.19. The molecule has 20 heavy (non-hydrogen) atoms. The third-order valence-corrected chi connectivity index (χ3v) is 3.07. The summed E-state index contributed by atoms with van der Waals surface area (Å²) < 4.78 is 0. The number of aryl methyl sites for hydroxylation is 1. The first-order valence-corrected chi connectivity index (χ1v) is 6.19. The van der Waals surface area contributed by atoms with Gasteiger partial charge in [0.1, 0.15) is 5.56 Å². The van der Waals surface area contributed by atoms with E-state index in [1.165, 1.54) is 0 Å². The van der Waals surface area contributed by atoms with Crippen LogP contribution in [0, 0.1) is 6.92 Å². The normalized spacial score (nSPS) is 10.1. The minimum atomic E-state index is -0.349. The average molecular weight is 296 g/mol. The molecule has 0 aliphatic rings. The third kappa shape index (κ3) is 3.18. The molecule has 0 radical (unpaired) electrons. The highest BCUT2D eigenvalue weighted by atomic mass is 35.5. The maximum absolute atomic E-state index is 12.0. The number of carbonyl (C=O) groups excluding carboxylic acids is 1. The second-order valence-electron chi connectivity index (χ2n) is 4.36. The molecule has 1 heterocycles. The number of amides is 1. The molecular formula is C14H18ClN3O2. The molecule has 0 saturated carbocycles. The predicted octanol–water partition coefficient (Wildman–Crippen LogP) is 1.21. The number of rotatable bonds is 4. The molecule has 1 aromatic carbocycles. The molecule has 1 aromatic heterocycles. The topological polar surface area (TPSA) is 74.0 Å². The minimum absolute atomic E-state index is 0. The Hall–Kier alpha value is -1.85. The van der Waals surface area contributed by atoms with Crippen molar-refractivity contribution in [1.82, 2.24) is 15.6 Å². The molecule has 108 valence electrons. The van der Waals surface area contributed by atoms with Crippen molar-refractivity contribution < 1.29 is 4.79 Å². The fourth-order valence-electron chi connectivity index (χ4n) is 2.07. The molecule has 0 bridgehead atoms. The number of nitrogens with one attached hydrogen (secondary N) is 3. The summed E-state index contributed by atoms with van der Waals surface area (Å²) in [6.45, 7) is 2.95. The van der Waals surface area contributed by atoms with E-state index < -0.39 is 0 Å². The van der Waals surface area contributed by atoms with Crippen LogP contribution in [0.15, 0.2) is 29.1 Å². The number of fused-ring (bicyclic) bond motifs is 1. The van der Waals surface area contributed by atoms with Gasteiger partial charge in [-0.25, -0.2) is 0 Å². The lowest BCUT2D eigenvalue weighted by Crippen LogP contribution is -2.34. The zero-order chi connectivity index (χ0) is 13.8. The Morgan fingerprint density at radius 3 is 2.65 bits per heavy atom. The second-order valence-corrected chi connectivity index (χ2v) is 4.36. The lowest BCUT2D eigenvalue weighted by molar-refractivity contribution is 0.0952. The van der Waals surface area contributed by atoms with Gasteiger partial charge in [0.2, 0.25) is 0 Å². The maximum Gasteiger partial charge on any atom is 0.261 e. The smallest absolute Gasteiger partial charge is 0.261 e. The highest BCUT2D eigenvalue weighted by Gasteiger charge is 2.15. The summed E-state index contributed by atoms with van der Waals surface area (Å²) in [6, 6.07) is 7.46. The number of H-pyrrole nitrogens is 1. The van der Waals surface area contributed by atoms with Gasteiger partial charge in [-0.1, -0.05) is 18.2 Å². The van der Waals surface area contributed by atoms with Crippen LogP contribution >= 0.6 is 12.4 Å². The van der Waals surface area contributed by atoms with E-state index in [1.807, 2.05) is 24.3 Å². The van der Waals surface area contributed by atoms with Crippen LogP contribution in [0.2, 0.25) is 0 Å². The van der Waals surface area contributed by atoms with Gasteiger partial charge in [-0.05, 0) is 25.6 Å². The van der Waals surface area contributed by atoms with Gasteiger partial charge >= 0.3 is 0 Å². The van der Waals surface area contributed by atoms with E-state index in [0.29, 0.717) is 18.7 Å². The molecular weight excluding hydrogens is 278 g/mol. The highest BCUT2D eigenvalue weighted by molar-refractivity contribution is 5.99. The zero-order valence-electron chi connectivity index (χ0n) is 11.4. The first kappa shape index (κ1) is 16.2. The quantitative estimate of drug-likeness (QED) is 0.742. The Morgan fingerprint density at radius 2 is 1.95 bits per heavy atom. The summed E-state index contributed by atoms with van der Waals surface area (Å²) in [5.41, 5.74) is 1.30. The molecule has 0 saturated heterocycles. The Bertz CT molecular complexity index is 667. The lowest BCUT2D eigenvalue weighted by Gasteiger charge is -2.09. The molecule has 1 amide bonds. The van der Waals surface area contributed by atoms with Crippen LogP contribution < -0.4 is 16.2 Å². The summed E-state index contributed by atoms with van der Waals surface area (Å²) in [7, 11) is 1.81. The largest absolute Gasteiger partial charge is 0.351 e. The predicted molar refractivity (Wildman–Crippen MR) is 82.8 cm³/mol. The minimum Gasteiger partial charge on any atom is -0.351 e. The van der Waals surface area contributed by atoms with Gasteiger partial charge in [-0.3, -0.25) is 9.59 Å². The van der Waals surface area contributed by atoms with E-state index in [2.05, 4.69) is 15.6 Å². The van der Waals surface area contributed by atoms with Crippen molar-refractivity contribution in [2.24, 2.45) is 0 Å². The number of carbonyl (C=O) groups is 1. The van der Waals surface area contributed by atoms with E-state index in [1.54, 1.807) is 14.0 Å². The lowest BCUT2D eigenvalue weighted by atomic mass is 10.0. The molecule has 0 unspecified atom stereocenters. The Labute approximate surface area is 123 Å². The second kappa shape index (κ2) is 7.07. The number of halogens is 1. The summed E-state index contributed by atoms with van der Waals surface area (Å²) in [5, 5.41) is 6.55. The number of hydrogen-bond donors (Lipinski definition) is 3. The van der Waals surface area contributed by atoms with Gasteiger partial charge < -0.3 is 15.6 Å². The maximum atomic E-state index is 12.0. The molecule has 0 aliphatic carbocycles. The van der Waals surface area contributed by atoms with Gasteiger partial charge in [-0.2, -0.15) is 0 Å². The number of likely N-dealkylation sites (N-methyl/N-ethyl adjacent to an activating group) is 1. The van der Waals surface area contributed by atoms with E-state index >= 15 is 0 Å². The first-order chi connectivity index (χ1) is 9.15. The van der Waals surface area contributed by atoms with E-state index in [9.17, 15) is 9.59 Å². The number of hydrogen-bond acceptors (Lipinski definition) is 3. The summed E-state index contributed by atoms with van der Waals surface area (Å²) in [4.78, 5) is 26.8. The molecule has 0 aliphatic heterocycles. The fourth-order valence-corrected chi connectivity index (χ4v) is 2.07. The summed E-state index contributed by atoms with van der Waals surface area (Å²) in [6.07, 6.45) is 0. The van der Waals surface area contributed by atoms with Crippen LogP contribution in [-0.4, -0.2) is 31.0 Å². The molecule has 6 heteroatoms. The average Bonchev–Trinajstić information content (AvgIpc) is 2.39. The van der Waals surface area contributed by atoms with Crippen molar-refractivity contribution in [2.75, 3.05) is 20.1 Å². The zero-order valence-corrected chi connectivity index (χ0v) is 12.3. The van der Waals surface area contributed by atoms with Crippen molar-refractivity contribution >= 4 is 29.2 Å². The van der Waals surface area contributed by atoms with Crippen LogP contribution in [0.3, 0.4) is 0 Å². The Kier molecular flexibility index (Phi) is 5.73. The summed E-state index contributed by atoms with van der Waals surface area (Å²) in [5.74, 6) is -0.334. The Balaban J connectivity index is 0.00000200. The van der Waals surface area contributed by atoms with E-state index in [0.717, 1.165) is 10.9 Å². The van der Waals surface area contributed by atoms with Crippen LogP contribution in [0.5, 0.6) is 0 Å². The van der Waals surface area contributed by atoms with Crippen molar-refractivity contribution in [3.8, 4) is 0 Å². The summed E-state index contributed by atoms with van der Waals surface area (Å²) >= 11 is 0. The fraction of sp³-hybridized carbons (Fsp3) is 0.286. The van der Waals surface area contributed by atoms with Gasteiger partial charge in [-0.15, -0.1) is 12.4 Å². The van der Waals surface area contributed by atoms with Crippen LogP contribution in [-0.2, 0) is 0 Å². The molecule has 5 nitrogen and oxygen atoms in total. The van der Waals surface area contributed by atoms with Crippen LogP contribution in [0.1, 0.15) is 15.9 Å². The number of benzene rings is 1. The van der Waals surface area contributed by atoms with Gasteiger partial charge in [0.25, 0.3) is 11.5 Å². The highest BCUT2D eigenvalue weighted by Crippen LogP contribution is 2.16. The van der Waals surface area contributed by atoms with Crippen molar-refractivity contribution in [1.29, 1.82) is 0 Å². The standard InChI is InChI=1S/C14H17N3O2.ClH/c1-9-10-5-3-4-6-11(10)17-14(19)12(9)13(18)16-8-7-15-2;/h3-6,15H,7-8H2,1-2H3,(H,16,18)(H,17,19);1H. The molecule has 0 fully saturated rings. The number of para-hydroxylation sites is 1. The molecule has 2 rings (SSSR count). The van der Waals surface area contributed by atoms with Crippen LogP contribution in [0.4, 0.5) is 0 Å². The van der Waals surface area contributed by atoms with Crippen molar-refractivity contribution in [3.05, 3.63) is 45.7 Å². The van der Waals surface area contributed by atoms with E-state index in [4.69, 9.17) is 0 Å². The SMILES string of the molecule is CNCCNC(=O)c1c(C)c2ccccc2[nH]c1=O.Cl. The number of pyridine rings is 1. The third-order valence-electron chi connectivity index (χ3n) is 3.07. The van der Waals surface area contributed by atoms with Crippen LogP contribution in [0.25, 0.3) is 10.9 Å². The van der Waals surface area contributed by atoms with Crippen molar-refractivity contribution in [2.45, 2.75) is 6.92 Å². The Morgan fingerprint density at radius 1 is 1.25 bits per heavy atom. The van der Waals surface area contributed by atoms with Crippen molar-refractivity contribution in [3.63, 3.8) is 0 Å². The molecule has 0 atom stereocenters. The van der Waals surface area contributed by atoms with Gasteiger partial charge in [0.15, 0.2) is 0 Å². The number of aromatic nitrogens is 1. The van der Waals surface area contributed by atoms with Gasteiger partial charge in [0.05, 0.1) is 0 Å².